The standard InChI is InChI=1S/C16H24N2O2S/c1-4-13(2)18(3)11-10-17-16(20)15-9-8-14(21-15)7-5-6-12-19/h8-9,13,19H,4,6,10-12H2,1-3H3,(H,17,20). The molecule has 1 rings (SSSR count). The number of likely N-dealkylation sites (N-methyl/N-ethyl adjacent to an activating group) is 1. The van der Waals surface area contributed by atoms with Gasteiger partial charge < -0.3 is 15.3 Å². The predicted molar refractivity (Wildman–Crippen MR) is 87.6 cm³/mol. The number of thiophene rings is 1. The Morgan fingerprint density at radius 2 is 2.29 bits per heavy atom. The fraction of sp³-hybridized carbons (Fsp3) is 0.562. The minimum absolute atomic E-state index is 0.0484. The lowest BCUT2D eigenvalue weighted by Gasteiger charge is -2.23. The Bertz CT molecular complexity index is 502. The summed E-state index contributed by atoms with van der Waals surface area (Å²) in [5.41, 5.74) is 0. The summed E-state index contributed by atoms with van der Waals surface area (Å²) in [5, 5.41) is 11.6. The molecule has 1 atom stereocenters. The summed E-state index contributed by atoms with van der Waals surface area (Å²) < 4.78 is 0. The first kappa shape index (κ1) is 17.7. The normalized spacial score (nSPS) is 11.9. The van der Waals surface area contributed by atoms with Crippen molar-refractivity contribution in [3.8, 4) is 11.8 Å². The van der Waals surface area contributed by atoms with Crippen LogP contribution in [0.3, 0.4) is 0 Å². The number of rotatable bonds is 7. The van der Waals surface area contributed by atoms with Gasteiger partial charge in [-0.2, -0.15) is 0 Å². The van der Waals surface area contributed by atoms with Gasteiger partial charge in [0.15, 0.2) is 0 Å². The van der Waals surface area contributed by atoms with Crippen molar-refractivity contribution in [2.75, 3.05) is 26.7 Å². The van der Waals surface area contributed by atoms with Crippen LogP contribution in [0, 0.1) is 11.8 Å². The number of nitrogens with one attached hydrogen (secondary N) is 1. The molecule has 21 heavy (non-hydrogen) atoms. The molecule has 1 aromatic rings. The van der Waals surface area contributed by atoms with Gasteiger partial charge in [-0.25, -0.2) is 0 Å². The molecule has 1 heterocycles. The lowest BCUT2D eigenvalue weighted by molar-refractivity contribution is 0.0951. The number of carbonyl (C=O) groups excluding carboxylic acids is 1. The summed E-state index contributed by atoms with van der Waals surface area (Å²) in [6, 6.07) is 4.16. The zero-order valence-corrected chi connectivity index (χ0v) is 13.8. The highest BCUT2D eigenvalue weighted by Crippen LogP contribution is 2.15. The van der Waals surface area contributed by atoms with E-state index in [1.54, 1.807) is 6.07 Å². The van der Waals surface area contributed by atoms with E-state index in [0.29, 0.717) is 23.9 Å². The van der Waals surface area contributed by atoms with E-state index in [4.69, 9.17) is 5.11 Å². The maximum Gasteiger partial charge on any atom is 0.261 e. The second kappa shape index (κ2) is 9.56. The van der Waals surface area contributed by atoms with Crippen LogP contribution in [0.5, 0.6) is 0 Å². The molecule has 1 amide bonds. The van der Waals surface area contributed by atoms with Crippen molar-refractivity contribution in [2.24, 2.45) is 0 Å². The summed E-state index contributed by atoms with van der Waals surface area (Å²) in [5.74, 6) is 5.74. The van der Waals surface area contributed by atoms with Crippen molar-refractivity contribution >= 4 is 17.2 Å². The SMILES string of the molecule is CCC(C)N(C)CCNC(=O)c1ccc(C#CCCO)s1. The third-order valence-electron chi connectivity index (χ3n) is 3.37. The van der Waals surface area contributed by atoms with Gasteiger partial charge in [0.05, 0.1) is 16.4 Å². The molecule has 0 saturated heterocycles. The molecule has 2 N–H and O–H groups in total. The molecule has 4 nitrogen and oxygen atoms in total. The minimum atomic E-state index is -0.0484. The zero-order chi connectivity index (χ0) is 15.7. The third-order valence-corrected chi connectivity index (χ3v) is 4.37. The van der Waals surface area contributed by atoms with E-state index in [1.165, 1.54) is 11.3 Å². The maximum absolute atomic E-state index is 12.0. The van der Waals surface area contributed by atoms with Crippen LogP contribution in [-0.4, -0.2) is 48.7 Å². The molecule has 0 fully saturated rings. The molecule has 0 radical (unpaired) electrons. The fourth-order valence-electron chi connectivity index (χ4n) is 1.70. The molecular formula is C16H24N2O2S. The summed E-state index contributed by atoms with van der Waals surface area (Å²) in [6.45, 7) is 5.89. The highest BCUT2D eigenvalue weighted by atomic mass is 32.1. The monoisotopic (exact) mass is 308 g/mol. The van der Waals surface area contributed by atoms with Crippen molar-refractivity contribution < 1.29 is 9.90 Å². The average molecular weight is 308 g/mol. The Hall–Kier alpha value is -1.35. The van der Waals surface area contributed by atoms with Crippen molar-refractivity contribution in [1.82, 2.24) is 10.2 Å². The predicted octanol–water partition coefficient (Wildman–Crippen LogP) is 1.94. The van der Waals surface area contributed by atoms with Crippen molar-refractivity contribution in [2.45, 2.75) is 32.7 Å². The Kier molecular flexibility index (Phi) is 8.06. The molecule has 5 heteroatoms. The minimum Gasteiger partial charge on any atom is -0.395 e. The van der Waals surface area contributed by atoms with E-state index in [-0.39, 0.29) is 12.5 Å². The first-order valence-corrected chi connectivity index (χ1v) is 8.08. The summed E-state index contributed by atoms with van der Waals surface area (Å²) >= 11 is 1.38. The van der Waals surface area contributed by atoms with Gasteiger partial charge in [-0.05, 0) is 32.5 Å². The molecule has 0 aliphatic heterocycles. The van der Waals surface area contributed by atoms with Crippen LogP contribution in [0.15, 0.2) is 12.1 Å². The van der Waals surface area contributed by atoms with E-state index in [1.807, 2.05) is 6.07 Å². The quantitative estimate of drug-likeness (QED) is 0.757. The number of hydrogen-bond acceptors (Lipinski definition) is 4. The third kappa shape index (κ3) is 6.30. The number of nitrogens with zero attached hydrogens (tertiary/aromatic N) is 1. The zero-order valence-electron chi connectivity index (χ0n) is 13.0. The van der Waals surface area contributed by atoms with Crippen molar-refractivity contribution in [3.05, 3.63) is 21.9 Å². The molecule has 116 valence electrons. The van der Waals surface area contributed by atoms with Gasteiger partial charge in [-0.1, -0.05) is 18.8 Å². The van der Waals surface area contributed by atoms with E-state index in [0.717, 1.165) is 17.8 Å². The second-order valence-corrected chi connectivity index (χ2v) is 6.02. The number of aliphatic hydroxyl groups excluding tert-OH is 1. The van der Waals surface area contributed by atoms with Crippen LogP contribution in [0.2, 0.25) is 0 Å². The van der Waals surface area contributed by atoms with E-state index >= 15 is 0 Å². The number of hydrogen-bond donors (Lipinski definition) is 2. The van der Waals surface area contributed by atoms with E-state index < -0.39 is 0 Å². The van der Waals surface area contributed by atoms with E-state index in [2.05, 4.69) is 43.0 Å². The van der Waals surface area contributed by atoms with Crippen molar-refractivity contribution in [1.29, 1.82) is 0 Å². The first-order valence-electron chi connectivity index (χ1n) is 7.26. The van der Waals surface area contributed by atoms with Crippen LogP contribution >= 0.6 is 11.3 Å². The van der Waals surface area contributed by atoms with Gasteiger partial charge in [-0.3, -0.25) is 4.79 Å². The second-order valence-electron chi connectivity index (χ2n) is 4.93. The van der Waals surface area contributed by atoms with Gasteiger partial charge in [0.1, 0.15) is 0 Å². The highest BCUT2D eigenvalue weighted by molar-refractivity contribution is 7.14. The maximum atomic E-state index is 12.0. The first-order chi connectivity index (χ1) is 10.1. The molecule has 0 aliphatic carbocycles. The Labute approximate surface area is 131 Å². The van der Waals surface area contributed by atoms with Crippen LogP contribution in [0.4, 0.5) is 0 Å². The average Bonchev–Trinajstić information content (AvgIpc) is 2.95. The molecule has 0 saturated carbocycles. The Balaban J connectivity index is 2.41. The molecule has 0 spiro atoms. The Morgan fingerprint density at radius 3 is 2.95 bits per heavy atom. The number of aliphatic hydroxyl groups is 1. The number of carbonyl (C=O) groups is 1. The summed E-state index contributed by atoms with van der Waals surface area (Å²) in [7, 11) is 2.07. The van der Waals surface area contributed by atoms with Crippen LogP contribution in [0.25, 0.3) is 0 Å². The van der Waals surface area contributed by atoms with E-state index in [9.17, 15) is 4.79 Å². The smallest absolute Gasteiger partial charge is 0.261 e. The molecular weight excluding hydrogens is 284 g/mol. The van der Waals surface area contributed by atoms with Gasteiger partial charge in [0.2, 0.25) is 0 Å². The Morgan fingerprint density at radius 1 is 1.52 bits per heavy atom. The highest BCUT2D eigenvalue weighted by Gasteiger charge is 2.10. The lowest BCUT2D eigenvalue weighted by atomic mass is 10.2. The van der Waals surface area contributed by atoms with Crippen LogP contribution in [0.1, 0.15) is 41.2 Å². The van der Waals surface area contributed by atoms with Crippen LogP contribution < -0.4 is 5.32 Å². The van der Waals surface area contributed by atoms with Gasteiger partial charge >= 0.3 is 0 Å². The van der Waals surface area contributed by atoms with Gasteiger partial charge in [0.25, 0.3) is 5.91 Å². The van der Waals surface area contributed by atoms with Gasteiger partial charge in [-0.15, -0.1) is 11.3 Å². The fourth-order valence-corrected chi connectivity index (χ4v) is 2.49. The van der Waals surface area contributed by atoms with Gasteiger partial charge in [0, 0.05) is 25.6 Å². The van der Waals surface area contributed by atoms with Crippen LogP contribution in [-0.2, 0) is 0 Å². The molecule has 1 aromatic heterocycles. The molecule has 1 unspecified atom stereocenters. The molecule has 0 aliphatic rings. The van der Waals surface area contributed by atoms with Crippen molar-refractivity contribution in [3.63, 3.8) is 0 Å². The summed E-state index contributed by atoms with van der Waals surface area (Å²) in [4.78, 5) is 15.8. The molecule has 0 bridgehead atoms. The topological polar surface area (TPSA) is 52.6 Å². The largest absolute Gasteiger partial charge is 0.395 e. The lowest BCUT2D eigenvalue weighted by Crippen LogP contribution is -2.36. The number of amides is 1. The molecule has 0 aromatic carbocycles. The summed E-state index contributed by atoms with van der Waals surface area (Å²) in [6.07, 6.45) is 1.56.